The van der Waals surface area contributed by atoms with Gasteiger partial charge in [-0.3, -0.25) is 9.59 Å². The normalized spacial score (nSPS) is 20.5. The number of likely N-dealkylation sites (N-methyl/N-ethyl adjacent to an activating group) is 1. The first kappa shape index (κ1) is 16.9. The molecule has 1 aliphatic rings. The van der Waals surface area contributed by atoms with Gasteiger partial charge in [0.15, 0.2) is 0 Å². The van der Waals surface area contributed by atoms with Crippen LogP contribution < -0.4 is 5.32 Å². The molecule has 0 aliphatic carbocycles. The fourth-order valence-corrected chi connectivity index (χ4v) is 2.00. The monoisotopic (exact) mass is 285 g/mol. The second kappa shape index (κ2) is 7.04. The van der Waals surface area contributed by atoms with Crippen molar-refractivity contribution in [2.24, 2.45) is 5.41 Å². The van der Waals surface area contributed by atoms with E-state index in [1.807, 2.05) is 39.8 Å². The third-order valence-corrected chi connectivity index (χ3v) is 3.25. The molecule has 0 spiro atoms. The Balaban J connectivity index is 2.44. The highest BCUT2D eigenvalue weighted by molar-refractivity contribution is 5.95. The third kappa shape index (κ3) is 5.09. The molecule has 6 heteroatoms. The lowest BCUT2D eigenvalue weighted by atomic mass is 9.85. The van der Waals surface area contributed by atoms with Crippen LogP contribution in [0, 0.1) is 5.41 Å². The van der Waals surface area contributed by atoms with Crippen LogP contribution >= 0.6 is 0 Å². The highest BCUT2D eigenvalue weighted by Gasteiger charge is 2.39. The molecule has 1 saturated heterocycles. The molecule has 0 aromatic rings. The van der Waals surface area contributed by atoms with Gasteiger partial charge in [-0.25, -0.2) is 0 Å². The van der Waals surface area contributed by atoms with E-state index in [-0.39, 0.29) is 23.8 Å². The molecule has 1 fully saturated rings. The molecule has 1 atom stereocenters. The van der Waals surface area contributed by atoms with Gasteiger partial charge in [0.05, 0.1) is 19.8 Å². The SMILES string of the molecule is CN(C)CCOCCN1CC(=O)NC(C(C)(C)C)C1=O. The van der Waals surface area contributed by atoms with Gasteiger partial charge in [-0.05, 0) is 19.5 Å². The highest BCUT2D eigenvalue weighted by atomic mass is 16.5. The molecule has 0 radical (unpaired) electrons. The maximum Gasteiger partial charge on any atom is 0.246 e. The first-order chi connectivity index (χ1) is 9.21. The van der Waals surface area contributed by atoms with Crippen LogP contribution in [0.4, 0.5) is 0 Å². The summed E-state index contributed by atoms with van der Waals surface area (Å²) in [4.78, 5) is 27.7. The molecule has 0 aromatic carbocycles. The zero-order valence-corrected chi connectivity index (χ0v) is 13.2. The molecule has 1 rings (SSSR count). The van der Waals surface area contributed by atoms with Crippen molar-refractivity contribution in [1.82, 2.24) is 15.1 Å². The second-order valence-corrected chi connectivity index (χ2v) is 6.54. The molecule has 20 heavy (non-hydrogen) atoms. The average Bonchev–Trinajstić information content (AvgIpc) is 2.30. The van der Waals surface area contributed by atoms with Gasteiger partial charge in [0.25, 0.3) is 0 Å². The Kier molecular flexibility index (Phi) is 5.95. The van der Waals surface area contributed by atoms with E-state index >= 15 is 0 Å². The van der Waals surface area contributed by atoms with Gasteiger partial charge in [-0.2, -0.15) is 0 Å². The number of carbonyl (C=O) groups excluding carboxylic acids is 2. The summed E-state index contributed by atoms with van der Waals surface area (Å²) in [5, 5.41) is 2.77. The Morgan fingerprint density at radius 2 is 1.95 bits per heavy atom. The zero-order valence-electron chi connectivity index (χ0n) is 13.2. The topological polar surface area (TPSA) is 61.9 Å². The van der Waals surface area contributed by atoms with Crippen LogP contribution in [0.5, 0.6) is 0 Å². The Hall–Kier alpha value is -1.14. The Morgan fingerprint density at radius 3 is 2.50 bits per heavy atom. The van der Waals surface area contributed by atoms with Crippen molar-refractivity contribution < 1.29 is 14.3 Å². The van der Waals surface area contributed by atoms with Crippen LogP contribution in [0.2, 0.25) is 0 Å². The van der Waals surface area contributed by atoms with E-state index in [1.54, 1.807) is 4.90 Å². The molecular formula is C14H27N3O3. The third-order valence-electron chi connectivity index (χ3n) is 3.25. The summed E-state index contributed by atoms with van der Waals surface area (Å²) in [5.74, 6) is -0.119. The molecule has 1 unspecified atom stereocenters. The summed E-state index contributed by atoms with van der Waals surface area (Å²) < 4.78 is 5.48. The minimum Gasteiger partial charge on any atom is -0.378 e. The number of ether oxygens (including phenoxy) is 1. The van der Waals surface area contributed by atoms with E-state index in [1.165, 1.54) is 0 Å². The smallest absolute Gasteiger partial charge is 0.246 e. The molecule has 1 aliphatic heterocycles. The van der Waals surface area contributed by atoms with Gasteiger partial charge in [0.1, 0.15) is 6.04 Å². The Bertz CT molecular complexity index is 350. The van der Waals surface area contributed by atoms with Gasteiger partial charge < -0.3 is 19.9 Å². The number of rotatable bonds is 6. The van der Waals surface area contributed by atoms with Crippen molar-refractivity contribution in [2.75, 3.05) is 46.9 Å². The quantitative estimate of drug-likeness (QED) is 0.695. The van der Waals surface area contributed by atoms with Crippen LogP contribution in [0.25, 0.3) is 0 Å². The Labute approximate surface area is 121 Å². The van der Waals surface area contributed by atoms with Gasteiger partial charge in [0, 0.05) is 13.1 Å². The van der Waals surface area contributed by atoms with Crippen LogP contribution in [-0.4, -0.2) is 74.6 Å². The van der Waals surface area contributed by atoms with E-state index in [4.69, 9.17) is 4.74 Å². The largest absolute Gasteiger partial charge is 0.378 e. The summed E-state index contributed by atoms with van der Waals surface area (Å²) in [6.45, 7) is 8.38. The predicted octanol–water partition coefficient (Wildman–Crippen LogP) is -0.0623. The van der Waals surface area contributed by atoms with Crippen molar-refractivity contribution in [2.45, 2.75) is 26.8 Å². The first-order valence-corrected chi connectivity index (χ1v) is 7.02. The number of amides is 2. The predicted molar refractivity (Wildman–Crippen MR) is 77.3 cm³/mol. The van der Waals surface area contributed by atoms with E-state index in [0.29, 0.717) is 19.8 Å². The maximum absolute atomic E-state index is 12.3. The summed E-state index contributed by atoms with van der Waals surface area (Å²) in [6, 6.07) is -0.453. The molecular weight excluding hydrogens is 258 g/mol. The lowest BCUT2D eigenvalue weighted by Crippen LogP contribution is -2.62. The van der Waals surface area contributed by atoms with Gasteiger partial charge >= 0.3 is 0 Å². The molecule has 1 N–H and O–H groups in total. The summed E-state index contributed by atoms with van der Waals surface area (Å²) in [5.41, 5.74) is -0.281. The van der Waals surface area contributed by atoms with Crippen molar-refractivity contribution in [3.63, 3.8) is 0 Å². The first-order valence-electron chi connectivity index (χ1n) is 7.02. The summed E-state index contributed by atoms with van der Waals surface area (Å²) >= 11 is 0. The molecule has 6 nitrogen and oxygen atoms in total. The highest BCUT2D eigenvalue weighted by Crippen LogP contribution is 2.23. The molecule has 2 amide bonds. The van der Waals surface area contributed by atoms with Crippen LogP contribution in [0.15, 0.2) is 0 Å². The number of nitrogens with zero attached hydrogens (tertiary/aromatic N) is 2. The van der Waals surface area contributed by atoms with Crippen molar-refractivity contribution in [3.05, 3.63) is 0 Å². The molecule has 116 valence electrons. The minimum atomic E-state index is -0.453. The minimum absolute atomic E-state index is 0.0201. The summed E-state index contributed by atoms with van der Waals surface area (Å²) in [6.07, 6.45) is 0. The number of hydrogen-bond donors (Lipinski definition) is 1. The molecule has 0 aromatic heterocycles. The Morgan fingerprint density at radius 1 is 1.30 bits per heavy atom. The number of piperazine rings is 1. The second-order valence-electron chi connectivity index (χ2n) is 6.54. The van der Waals surface area contributed by atoms with E-state index in [2.05, 4.69) is 5.32 Å². The number of carbonyl (C=O) groups is 2. The van der Waals surface area contributed by atoms with Gasteiger partial charge in [-0.1, -0.05) is 20.8 Å². The van der Waals surface area contributed by atoms with Crippen LogP contribution in [0.1, 0.15) is 20.8 Å². The van der Waals surface area contributed by atoms with E-state index in [9.17, 15) is 9.59 Å². The standard InChI is InChI=1S/C14H27N3O3/c1-14(2,3)12-13(19)17(10-11(18)15-12)7-9-20-8-6-16(4)5/h12H,6-10H2,1-5H3,(H,15,18). The van der Waals surface area contributed by atoms with E-state index in [0.717, 1.165) is 6.54 Å². The van der Waals surface area contributed by atoms with Crippen LogP contribution in [0.3, 0.4) is 0 Å². The lowest BCUT2D eigenvalue weighted by Gasteiger charge is -2.38. The molecule has 0 bridgehead atoms. The van der Waals surface area contributed by atoms with Gasteiger partial charge in [-0.15, -0.1) is 0 Å². The van der Waals surface area contributed by atoms with Crippen LogP contribution in [-0.2, 0) is 14.3 Å². The van der Waals surface area contributed by atoms with Crippen molar-refractivity contribution in [3.8, 4) is 0 Å². The fourth-order valence-electron chi connectivity index (χ4n) is 2.00. The maximum atomic E-state index is 12.3. The summed E-state index contributed by atoms with van der Waals surface area (Å²) in [7, 11) is 3.96. The number of nitrogens with one attached hydrogen (secondary N) is 1. The van der Waals surface area contributed by atoms with E-state index < -0.39 is 6.04 Å². The average molecular weight is 285 g/mol. The lowest BCUT2D eigenvalue weighted by molar-refractivity contribution is -0.148. The van der Waals surface area contributed by atoms with Gasteiger partial charge in [0.2, 0.25) is 11.8 Å². The fraction of sp³-hybridized carbons (Fsp3) is 0.857. The van der Waals surface area contributed by atoms with Crippen molar-refractivity contribution >= 4 is 11.8 Å². The molecule has 1 heterocycles. The van der Waals surface area contributed by atoms with Crippen molar-refractivity contribution in [1.29, 1.82) is 0 Å². The number of hydrogen-bond acceptors (Lipinski definition) is 4. The zero-order chi connectivity index (χ0) is 15.3. The molecule has 0 saturated carbocycles.